The minimum atomic E-state index is -0.421. The summed E-state index contributed by atoms with van der Waals surface area (Å²) in [5.74, 6) is -0.463. The molecule has 0 saturated carbocycles. The van der Waals surface area contributed by atoms with E-state index in [1.54, 1.807) is 23.3 Å². The van der Waals surface area contributed by atoms with Gasteiger partial charge < -0.3 is 15.1 Å². The number of carbonyl (C=O) groups is 2. The van der Waals surface area contributed by atoms with Crippen LogP contribution < -0.4 is 10.2 Å². The van der Waals surface area contributed by atoms with Gasteiger partial charge in [-0.15, -0.1) is 11.3 Å². The SMILES string of the molecule is Cc1cccc(N2CCN(CCCNC(=O)C3c4ccccc4C(=O)N(C)C3c3cccs3)CC2C)c1. The maximum Gasteiger partial charge on any atom is 0.254 e. The molecule has 1 fully saturated rings. The summed E-state index contributed by atoms with van der Waals surface area (Å²) in [5, 5.41) is 5.21. The van der Waals surface area contributed by atoms with Gasteiger partial charge in [0.1, 0.15) is 0 Å². The van der Waals surface area contributed by atoms with Crippen molar-refractivity contribution in [2.75, 3.05) is 44.7 Å². The van der Waals surface area contributed by atoms with Crippen LogP contribution in [0.2, 0.25) is 0 Å². The van der Waals surface area contributed by atoms with Gasteiger partial charge in [0.2, 0.25) is 5.91 Å². The fourth-order valence-electron chi connectivity index (χ4n) is 5.82. The Balaban J connectivity index is 1.19. The largest absolute Gasteiger partial charge is 0.366 e. The van der Waals surface area contributed by atoms with Crippen molar-refractivity contribution >= 4 is 28.8 Å². The van der Waals surface area contributed by atoms with Gasteiger partial charge in [0.25, 0.3) is 5.91 Å². The topological polar surface area (TPSA) is 55.9 Å². The maximum atomic E-state index is 13.6. The zero-order chi connectivity index (χ0) is 25.9. The number of anilines is 1. The molecule has 194 valence electrons. The van der Waals surface area contributed by atoms with Crippen molar-refractivity contribution < 1.29 is 9.59 Å². The third-order valence-electron chi connectivity index (χ3n) is 7.69. The minimum Gasteiger partial charge on any atom is -0.366 e. The second kappa shape index (κ2) is 11.1. The fraction of sp³-hybridized carbons (Fsp3) is 0.400. The smallest absolute Gasteiger partial charge is 0.254 e. The molecule has 2 aromatic carbocycles. The molecule has 0 spiro atoms. The van der Waals surface area contributed by atoms with Crippen LogP contribution >= 0.6 is 11.3 Å². The molecule has 3 unspecified atom stereocenters. The fourth-order valence-corrected chi connectivity index (χ4v) is 6.73. The van der Waals surface area contributed by atoms with E-state index in [4.69, 9.17) is 0 Å². The quantitative estimate of drug-likeness (QED) is 0.463. The van der Waals surface area contributed by atoms with Gasteiger partial charge in [-0.1, -0.05) is 36.4 Å². The molecule has 2 aliphatic rings. The molecule has 0 aliphatic carbocycles. The van der Waals surface area contributed by atoms with Crippen LogP contribution in [-0.4, -0.2) is 67.4 Å². The Kier molecular flexibility index (Phi) is 7.63. The Morgan fingerprint density at radius 1 is 1.08 bits per heavy atom. The maximum absolute atomic E-state index is 13.6. The first-order chi connectivity index (χ1) is 17.9. The van der Waals surface area contributed by atoms with Crippen LogP contribution in [0.4, 0.5) is 5.69 Å². The standard InChI is InChI=1S/C30H36N4O2S/c1-21-9-6-10-23(19-21)34-17-16-33(20-22(34)2)15-8-14-31-29(35)27-24-11-4-5-12-25(24)30(36)32(3)28(27)26-13-7-18-37-26/h4-7,9-13,18-19,22,27-28H,8,14-17,20H2,1-3H3,(H,31,35). The highest BCUT2D eigenvalue weighted by atomic mass is 32.1. The van der Waals surface area contributed by atoms with Crippen LogP contribution in [0.15, 0.2) is 66.0 Å². The number of amides is 2. The summed E-state index contributed by atoms with van der Waals surface area (Å²) in [5.41, 5.74) is 4.04. The van der Waals surface area contributed by atoms with Crippen molar-refractivity contribution in [3.63, 3.8) is 0 Å². The van der Waals surface area contributed by atoms with E-state index in [9.17, 15) is 9.59 Å². The molecule has 1 N–H and O–H groups in total. The van der Waals surface area contributed by atoms with Gasteiger partial charge in [0, 0.05) is 55.4 Å². The number of nitrogens with zero attached hydrogens (tertiary/aromatic N) is 3. The molecule has 0 bridgehead atoms. The summed E-state index contributed by atoms with van der Waals surface area (Å²) in [4.78, 5) is 34.4. The van der Waals surface area contributed by atoms with E-state index in [0.29, 0.717) is 18.2 Å². The molecular weight excluding hydrogens is 480 g/mol. The van der Waals surface area contributed by atoms with Gasteiger partial charge >= 0.3 is 0 Å². The van der Waals surface area contributed by atoms with Gasteiger partial charge in [0.15, 0.2) is 0 Å². The lowest BCUT2D eigenvalue weighted by molar-refractivity contribution is -0.124. The molecule has 1 saturated heterocycles. The van der Waals surface area contributed by atoms with Crippen molar-refractivity contribution in [2.45, 2.75) is 38.3 Å². The zero-order valence-electron chi connectivity index (χ0n) is 21.9. The first kappa shape index (κ1) is 25.5. The molecule has 2 amide bonds. The number of hydrogen-bond donors (Lipinski definition) is 1. The van der Waals surface area contributed by atoms with E-state index in [-0.39, 0.29) is 17.9 Å². The molecule has 2 aliphatic heterocycles. The van der Waals surface area contributed by atoms with E-state index in [1.807, 2.05) is 41.8 Å². The molecule has 0 radical (unpaired) electrons. The van der Waals surface area contributed by atoms with Crippen LogP contribution in [0.1, 0.15) is 51.7 Å². The second-order valence-electron chi connectivity index (χ2n) is 10.3. The lowest BCUT2D eigenvalue weighted by Crippen LogP contribution is -2.52. The molecule has 5 rings (SSSR count). The number of nitrogens with one attached hydrogen (secondary N) is 1. The molecule has 7 heteroatoms. The Morgan fingerprint density at radius 2 is 1.92 bits per heavy atom. The molecule has 3 atom stereocenters. The summed E-state index contributed by atoms with van der Waals surface area (Å²) >= 11 is 1.59. The summed E-state index contributed by atoms with van der Waals surface area (Å²) in [6.07, 6.45) is 0.899. The Labute approximate surface area is 223 Å². The first-order valence-corrected chi connectivity index (χ1v) is 14.0. The second-order valence-corrected chi connectivity index (χ2v) is 11.2. The molecule has 1 aromatic heterocycles. The van der Waals surface area contributed by atoms with Crippen molar-refractivity contribution in [3.8, 4) is 0 Å². The lowest BCUT2D eigenvalue weighted by Gasteiger charge is -2.41. The number of rotatable bonds is 7. The van der Waals surface area contributed by atoms with E-state index < -0.39 is 5.92 Å². The summed E-state index contributed by atoms with van der Waals surface area (Å²) in [6, 6.07) is 20.4. The molecule has 37 heavy (non-hydrogen) atoms. The highest BCUT2D eigenvalue weighted by Crippen LogP contribution is 2.43. The number of carbonyl (C=O) groups excluding carboxylic acids is 2. The van der Waals surface area contributed by atoms with Crippen molar-refractivity contribution in [1.82, 2.24) is 15.1 Å². The number of piperazine rings is 1. The van der Waals surface area contributed by atoms with Crippen LogP contribution in [-0.2, 0) is 4.79 Å². The highest BCUT2D eigenvalue weighted by molar-refractivity contribution is 7.10. The Morgan fingerprint density at radius 3 is 2.68 bits per heavy atom. The third-order valence-corrected chi connectivity index (χ3v) is 8.63. The number of hydrogen-bond acceptors (Lipinski definition) is 5. The zero-order valence-corrected chi connectivity index (χ0v) is 22.7. The number of benzene rings is 2. The number of fused-ring (bicyclic) bond motifs is 1. The highest BCUT2D eigenvalue weighted by Gasteiger charge is 2.42. The summed E-state index contributed by atoms with van der Waals surface area (Å²) in [7, 11) is 1.81. The van der Waals surface area contributed by atoms with Gasteiger partial charge in [-0.2, -0.15) is 0 Å². The molecular formula is C30H36N4O2S. The first-order valence-electron chi connectivity index (χ1n) is 13.2. The predicted octanol–water partition coefficient (Wildman–Crippen LogP) is 4.68. The lowest BCUT2D eigenvalue weighted by atomic mass is 9.81. The van der Waals surface area contributed by atoms with Gasteiger partial charge in [-0.05, 0) is 67.6 Å². The normalized spacial score (nSPS) is 22.1. The molecule has 3 aromatic rings. The van der Waals surface area contributed by atoms with E-state index in [0.717, 1.165) is 43.0 Å². The van der Waals surface area contributed by atoms with Crippen molar-refractivity contribution in [1.29, 1.82) is 0 Å². The number of likely N-dealkylation sites (N-methyl/N-ethyl adjacent to an activating group) is 1. The summed E-state index contributed by atoms with van der Waals surface area (Å²) in [6.45, 7) is 9.07. The molecule has 6 nitrogen and oxygen atoms in total. The van der Waals surface area contributed by atoms with Crippen LogP contribution in [0.5, 0.6) is 0 Å². The number of aryl methyl sites for hydroxylation is 1. The van der Waals surface area contributed by atoms with E-state index >= 15 is 0 Å². The average Bonchev–Trinajstić information content (AvgIpc) is 3.43. The average molecular weight is 517 g/mol. The molecule has 3 heterocycles. The predicted molar refractivity (Wildman–Crippen MR) is 150 cm³/mol. The van der Waals surface area contributed by atoms with Crippen LogP contribution in [0.3, 0.4) is 0 Å². The van der Waals surface area contributed by atoms with Crippen LogP contribution in [0.25, 0.3) is 0 Å². The van der Waals surface area contributed by atoms with Crippen LogP contribution in [0, 0.1) is 6.92 Å². The van der Waals surface area contributed by atoms with E-state index in [2.05, 4.69) is 53.2 Å². The van der Waals surface area contributed by atoms with Crippen molar-refractivity contribution in [2.24, 2.45) is 0 Å². The van der Waals surface area contributed by atoms with E-state index in [1.165, 1.54) is 11.3 Å². The summed E-state index contributed by atoms with van der Waals surface area (Å²) < 4.78 is 0. The number of thiophene rings is 1. The van der Waals surface area contributed by atoms with Crippen molar-refractivity contribution in [3.05, 3.63) is 87.6 Å². The van der Waals surface area contributed by atoms with Gasteiger partial charge in [-0.3, -0.25) is 14.5 Å². The third kappa shape index (κ3) is 5.29. The van der Waals surface area contributed by atoms with Gasteiger partial charge in [-0.25, -0.2) is 0 Å². The minimum absolute atomic E-state index is 0.0113. The Hall–Kier alpha value is -3.16. The Bertz CT molecular complexity index is 1240. The monoisotopic (exact) mass is 516 g/mol. The van der Waals surface area contributed by atoms with Gasteiger partial charge in [0.05, 0.1) is 12.0 Å².